The number of carbonyl (C=O) groups excluding carboxylic acids is 1. The Morgan fingerprint density at radius 1 is 1.46 bits per heavy atom. The summed E-state index contributed by atoms with van der Waals surface area (Å²) >= 11 is 2.91. The summed E-state index contributed by atoms with van der Waals surface area (Å²) in [6.07, 6.45) is 4.26. The average Bonchev–Trinajstić information content (AvgIpc) is 3.26. The van der Waals surface area contributed by atoms with E-state index < -0.39 is 0 Å². The lowest BCUT2D eigenvalue weighted by Gasteiger charge is -2.44. The van der Waals surface area contributed by atoms with Gasteiger partial charge in [-0.25, -0.2) is 0 Å². The predicted octanol–water partition coefficient (Wildman–Crippen LogP) is 2.72. The number of piperidine rings is 3. The average molecular weight is 365 g/mol. The highest BCUT2D eigenvalue weighted by Crippen LogP contribution is 2.35. The van der Waals surface area contributed by atoms with E-state index in [4.69, 9.17) is 9.15 Å². The SMILES string of the molecule is COc1ncc(Sc2ccc(C(=O)NC3CN4CCC3CC4)s2)o1. The van der Waals surface area contributed by atoms with E-state index in [9.17, 15) is 4.79 Å². The standard InChI is InChI=1S/C16H19N3O3S2/c1-21-16-17-8-13(22-16)24-14-3-2-12(23-14)15(20)18-11-9-19-6-4-10(11)5-7-19/h2-3,8,10-11H,4-7,9H2,1H3,(H,18,20). The molecule has 0 saturated carbocycles. The fourth-order valence-electron chi connectivity index (χ4n) is 3.35. The zero-order valence-electron chi connectivity index (χ0n) is 13.4. The van der Waals surface area contributed by atoms with E-state index in [1.54, 1.807) is 6.20 Å². The second-order valence-electron chi connectivity index (χ2n) is 6.09. The van der Waals surface area contributed by atoms with E-state index >= 15 is 0 Å². The van der Waals surface area contributed by atoms with Gasteiger partial charge >= 0.3 is 6.08 Å². The van der Waals surface area contributed by atoms with Gasteiger partial charge in [0.25, 0.3) is 5.91 Å². The zero-order chi connectivity index (χ0) is 16.5. The summed E-state index contributed by atoms with van der Waals surface area (Å²) in [5, 5.41) is 3.87. The highest BCUT2D eigenvalue weighted by molar-refractivity contribution is 8.01. The van der Waals surface area contributed by atoms with Crippen LogP contribution in [0.1, 0.15) is 22.5 Å². The van der Waals surface area contributed by atoms with Gasteiger partial charge in [0, 0.05) is 12.6 Å². The third kappa shape index (κ3) is 3.31. The molecule has 1 amide bonds. The van der Waals surface area contributed by atoms with Crippen LogP contribution >= 0.6 is 23.1 Å². The molecule has 2 aromatic rings. The second-order valence-corrected chi connectivity index (χ2v) is 8.48. The van der Waals surface area contributed by atoms with Crippen molar-refractivity contribution < 1.29 is 13.9 Å². The molecule has 3 saturated heterocycles. The number of carbonyl (C=O) groups is 1. The highest BCUT2D eigenvalue weighted by atomic mass is 32.2. The molecule has 0 radical (unpaired) electrons. The molecule has 2 aromatic heterocycles. The minimum absolute atomic E-state index is 0.0285. The number of amides is 1. The van der Waals surface area contributed by atoms with Gasteiger partial charge in [0.15, 0.2) is 5.09 Å². The number of nitrogens with zero attached hydrogens (tertiary/aromatic N) is 2. The number of nitrogens with one attached hydrogen (secondary N) is 1. The number of methoxy groups -OCH3 is 1. The first kappa shape index (κ1) is 16.0. The summed E-state index contributed by atoms with van der Waals surface area (Å²) in [5.74, 6) is 0.662. The van der Waals surface area contributed by atoms with Gasteiger partial charge in [0.05, 0.1) is 22.4 Å². The third-order valence-electron chi connectivity index (χ3n) is 4.62. The second kappa shape index (κ2) is 6.78. The molecule has 6 nitrogen and oxygen atoms in total. The van der Waals surface area contributed by atoms with Crippen LogP contribution in [-0.4, -0.2) is 48.6 Å². The number of thiophene rings is 1. The maximum atomic E-state index is 12.5. The molecule has 3 aliphatic rings. The summed E-state index contributed by atoms with van der Waals surface area (Å²) in [7, 11) is 1.52. The minimum atomic E-state index is 0.0285. The minimum Gasteiger partial charge on any atom is -0.453 e. The quantitative estimate of drug-likeness (QED) is 0.879. The van der Waals surface area contributed by atoms with Gasteiger partial charge in [0.1, 0.15) is 0 Å². The van der Waals surface area contributed by atoms with Crippen LogP contribution in [0.5, 0.6) is 6.08 Å². The Bertz CT molecular complexity index is 722. The largest absolute Gasteiger partial charge is 0.453 e. The van der Waals surface area contributed by atoms with Gasteiger partial charge in [-0.3, -0.25) is 4.79 Å². The first-order valence-electron chi connectivity index (χ1n) is 8.02. The molecule has 2 bridgehead atoms. The number of ether oxygens (including phenoxy) is 1. The summed E-state index contributed by atoms with van der Waals surface area (Å²) in [5.41, 5.74) is 0. The van der Waals surface area contributed by atoms with Crippen molar-refractivity contribution in [2.24, 2.45) is 5.92 Å². The Morgan fingerprint density at radius 3 is 2.96 bits per heavy atom. The van der Waals surface area contributed by atoms with E-state index in [0.717, 1.165) is 15.6 Å². The lowest BCUT2D eigenvalue weighted by molar-refractivity contribution is 0.0622. The van der Waals surface area contributed by atoms with E-state index in [1.165, 1.54) is 56.1 Å². The van der Waals surface area contributed by atoms with Crippen molar-refractivity contribution in [3.8, 4) is 6.08 Å². The molecule has 3 aliphatic heterocycles. The van der Waals surface area contributed by atoms with Crippen LogP contribution in [0.3, 0.4) is 0 Å². The molecule has 5 rings (SSSR count). The van der Waals surface area contributed by atoms with E-state index in [1.807, 2.05) is 12.1 Å². The van der Waals surface area contributed by atoms with Gasteiger partial charge < -0.3 is 19.4 Å². The highest BCUT2D eigenvalue weighted by Gasteiger charge is 2.35. The van der Waals surface area contributed by atoms with Crippen molar-refractivity contribution in [1.82, 2.24) is 15.2 Å². The molecule has 5 heterocycles. The third-order valence-corrected chi connectivity index (χ3v) is 6.72. The van der Waals surface area contributed by atoms with Crippen molar-refractivity contribution in [3.63, 3.8) is 0 Å². The van der Waals surface area contributed by atoms with E-state index in [0.29, 0.717) is 11.0 Å². The normalized spacial score (nSPS) is 25.6. The summed E-state index contributed by atoms with van der Waals surface area (Å²) < 4.78 is 11.3. The fourth-order valence-corrected chi connectivity index (χ4v) is 5.23. The predicted molar refractivity (Wildman–Crippen MR) is 91.9 cm³/mol. The summed E-state index contributed by atoms with van der Waals surface area (Å²) in [6, 6.07) is 4.10. The molecular formula is C16H19N3O3S2. The van der Waals surface area contributed by atoms with Crippen LogP contribution in [0.25, 0.3) is 0 Å². The number of hydrogen-bond donors (Lipinski definition) is 1. The molecule has 1 N–H and O–H groups in total. The lowest BCUT2D eigenvalue weighted by atomic mass is 9.84. The van der Waals surface area contributed by atoms with Gasteiger partial charge in [-0.2, -0.15) is 4.98 Å². The maximum Gasteiger partial charge on any atom is 0.394 e. The molecule has 0 spiro atoms. The number of oxazole rings is 1. The van der Waals surface area contributed by atoms with Crippen molar-refractivity contribution in [2.45, 2.75) is 28.2 Å². The zero-order valence-corrected chi connectivity index (χ0v) is 15.0. The lowest BCUT2D eigenvalue weighted by Crippen LogP contribution is -2.57. The van der Waals surface area contributed by atoms with Gasteiger partial charge in [0.2, 0.25) is 0 Å². The van der Waals surface area contributed by atoms with Crippen LogP contribution in [0.2, 0.25) is 0 Å². The molecule has 128 valence electrons. The van der Waals surface area contributed by atoms with Gasteiger partial charge in [-0.15, -0.1) is 11.3 Å². The molecule has 0 aromatic carbocycles. The van der Waals surface area contributed by atoms with E-state index in [-0.39, 0.29) is 18.0 Å². The van der Waals surface area contributed by atoms with Crippen LogP contribution in [0.15, 0.2) is 32.0 Å². The molecule has 3 fully saturated rings. The van der Waals surface area contributed by atoms with Gasteiger partial charge in [-0.1, -0.05) is 0 Å². The summed E-state index contributed by atoms with van der Waals surface area (Å²) in [6.45, 7) is 3.34. The maximum absolute atomic E-state index is 12.5. The Labute approximate surface area is 148 Å². The fraction of sp³-hybridized carbons (Fsp3) is 0.500. The van der Waals surface area contributed by atoms with Crippen LogP contribution in [0.4, 0.5) is 0 Å². The molecule has 24 heavy (non-hydrogen) atoms. The smallest absolute Gasteiger partial charge is 0.394 e. The monoisotopic (exact) mass is 365 g/mol. The van der Waals surface area contributed by atoms with Crippen molar-refractivity contribution in [2.75, 3.05) is 26.7 Å². The summed E-state index contributed by atoms with van der Waals surface area (Å²) in [4.78, 5) is 19.7. The molecule has 1 atom stereocenters. The molecule has 8 heteroatoms. The topological polar surface area (TPSA) is 67.6 Å². The van der Waals surface area contributed by atoms with Crippen LogP contribution in [-0.2, 0) is 0 Å². The van der Waals surface area contributed by atoms with Crippen LogP contribution in [0, 0.1) is 5.92 Å². The first-order valence-corrected chi connectivity index (χ1v) is 9.65. The number of hydrogen-bond acceptors (Lipinski definition) is 7. The Kier molecular flexibility index (Phi) is 4.51. The first-order chi connectivity index (χ1) is 11.7. The molecular weight excluding hydrogens is 346 g/mol. The number of aromatic nitrogens is 1. The van der Waals surface area contributed by atoms with Crippen molar-refractivity contribution >= 4 is 29.0 Å². The molecule has 0 aliphatic carbocycles. The van der Waals surface area contributed by atoms with Crippen LogP contribution < -0.4 is 10.1 Å². The molecule has 1 unspecified atom stereocenters. The Morgan fingerprint density at radius 2 is 2.29 bits per heavy atom. The van der Waals surface area contributed by atoms with Crippen molar-refractivity contribution in [1.29, 1.82) is 0 Å². The van der Waals surface area contributed by atoms with E-state index in [2.05, 4.69) is 15.2 Å². The van der Waals surface area contributed by atoms with Gasteiger partial charge in [-0.05, 0) is 55.7 Å². The van der Waals surface area contributed by atoms with Crippen molar-refractivity contribution in [3.05, 3.63) is 23.2 Å². The number of fused-ring (bicyclic) bond motifs is 3. The Hall–Kier alpha value is -1.51. The number of rotatable bonds is 5. The Balaban J connectivity index is 1.38.